The van der Waals surface area contributed by atoms with Crippen molar-refractivity contribution in [3.8, 4) is 17.1 Å². The van der Waals surface area contributed by atoms with Gasteiger partial charge in [0.2, 0.25) is 0 Å². The summed E-state index contributed by atoms with van der Waals surface area (Å²) in [6.07, 6.45) is 3.55. The molecule has 1 unspecified atom stereocenters. The van der Waals surface area contributed by atoms with Crippen molar-refractivity contribution in [2.45, 2.75) is 36.1 Å². The number of nitrogens with zero attached hydrogens (tertiary/aromatic N) is 3. The fourth-order valence-electron chi connectivity index (χ4n) is 3.14. The largest absolute Gasteiger partial charge is 0.298 e. The average Bonchev–Trinajstić information content (AvgIpc) is 3.08. The molecule has 0 radical (unpaired) electrons. The number of carbonyl (C=O) groups excluding carboxylic acids is 1. The Labute approximate surface area is 155 Å². The zero-order valence-electron chi connectivity index (χ0n) is 14.1. The fourth-order valence-corrected chi connectivity index (χ4v) is 4.32. The van der Waals surface area contributed by atoms with E-state index in [1.807, 2.05) is 34.9 Å². The van der Waals surface area contributed by atoms with Crippen molar-refractivity contribution in [3.63, 3.8) is 0 Å². The summed E-state index contributed by atoms with van der Waals surface area (Å²) in [6.45, 7) is 0. The Morgan fingerprint density at radius 2 is 1.77 bits per heavy atom. The molecule has 1 aliphatic carbocycles. The third kappa shape index (κ3) is 3.42. The molecule has 4 rings (SSSR count). The Kier molecular flexibility index (Phi) is 4.84. The molecule has 1 aromatic heterocycles. The molecule has 3 aromatic rings. The van der Waals surface area contributed by atoms with E-state index >= 15 is 0 Å². The van der Waals surface area contributed by atoms with E-state index in [2.05, 4.69) is 10.2 Å². The lowest BCUT2D eigenvalue weighted by Gasteiger charge is -2.19. The molecular formula is C20H18FN3OS. The van der Waals surface area contributed by atoms with Gasteiger partial charge in [0.1, 0.15) is 11.6 Å². The summed E-state index contributed by atoms with van der Waals surface area (Å²) >= 11 is 1.48. The molecule has 1 fully saturated rings. The first-order valence-electron chi connectivity index (χ1n) is 8.68. The summed E-state index contributed by atoms with van der Waals surface area (Å²) < 4.78 is 15.2. The van der Waals surface area contributed by atoms with Crippen LogP contribution >= 0.6 is 11.8 Å². The SMILES string of the molecule is O=C1CCCCC1Sc1nnc(-c2ccc(F)cc2)n1-c1ccccc1. The number of halogens is 1. The molecule has 1 atom stereocenters. The van der Waals surface area contributed by atoms with E-state index in [0.29, 0.717) is 17.4 Å². The highest BCUT2D eigenvalue weighted by Gasteiger charge is 2.26. The van der Waals surface area contributed by atoms with E-state index in [4.69, 9.17) is 0 Å². The van der Waals surface area contributed by atoms with Crippen molar-refractivity contribution in [1.29, 1.82) is 0 Å². The van der Waals surface area contributed by atoms with Crippen molar-refractivity contribution < 1.29 is 9.18 Å². The summed E-state index contributed by atoms with van der Waals surface area (Å²) in [6, 6.07) is 16.0. The summed E-state index contributed by atoms with van der Waals surface area (Å²) in [7, 11) is 0. The summed E-state index contributed by atoms with van der Waals surface area (Å²) in [4.78, 5) is 12.2. The second-order valence-corrected chi connectivity index (χ2v) is 7.47. The Morgan fingerprint density at radius 3 is 2.50 bits per heavy atom. The van der Waals surface area contributed by atoms with Crippen LogP contribution in [0.1, 0.15) is 25.7 Å². The quantitative estimate of drug-likeness (QED) is 0.672. The van der Waals surface area contributed by atoms with Gasteiger partial charge in [-0.3, -0.25) is 9.36 Å². The highest BCUT2D eigenvalue weighted by molar-refractivity contribution is 8.00. The van der Waals surface area contributed by atoms with Gasteiger partial charge in [-0.2, -0.15) is 0 Å². The number of para-hydroxylation sites is 1. The van der Waals surface area contributed by atoms with Gasteiger partial charge in [-0.25, -0.2) is 4.39 Å². The minimum Gasteiger partial charge on any atom is -0.298 e. The van der Waals surface area contributed by atoms with Gasteiger partial charge in [-0.05, 0) is 49.2 Å². The number of Topliss-reactive ketones (excluding diaryl/α,β-unsaturated/α-hetero) is 1. The highest BCUT2D eigenvalue weighted by atomic mass is 32.2. The van der Waals surface area contributed by atoms with Gasteiger partial charge in [0, 0.05) is 17.7 Å². The summed E-state index contributed by atoms with van der Waals surface area (Å²) in [5.74, 6) is 0.635. The molecule has 4 nitrogen and oxygen atoms in total. The standard InChI is InChI=1S/C20H18FN3OS/c21-15-12-10-14(11-13-15)19-22-23-20(24(19)16-6-2-1-3-7-16)26-18-9-5-4-8-17(18)25/h1-3,6-7,10-13,18H,4-5,8-9H2. The minimum absolute atomic E-state index is 0.0727. The van der Waals surface area contributed by atoms with Gasteiger partial charge in [0.05, 0.1) is 5.25 Å². The van der Waals surface area contributed by atoms with E-state index in [1.165, 1.54) is 23.9 Å². The Morgan fingerprint density at radius 1 is 1.00 bits per heavy atom. The number of carbonyl (C=O) groups is 1. The van der Waals surface area contributed by atoms with Gasteiger partial charge < -0.3 is 0 Å². The van der Waals surface area contributed by atoms with Gasteiger partial charge in [0.25, 0.3) is 0 Å². The zero-order valence-corrected chi connectivity index (χ0v) is 15.0. The highest BCUT2D eigenvalue weighted by Crippen LogP contribution is 2.34. The van der Waals surface area contributed by atoms with Crippen LogP contribution in [0, 0.1) is 5.82 Å². The normalized spacial score (nSPS) is 17.4. The maximum absolute atomic E-state index is 13.3. The predicted octanol–water partition coefficient (Wildman–Crippen LogP) is 4.68. The molecule has 1 heterocycles. The average molecular weight is 367 g/mol. The van der Waals surface area contributed by atoms with E-state index in [1.54, 1.807) is 12.1 Å². The lowest BCUT2D eigenvalue weighted by Crippen LogP contribution is -2.21. The van der Waals surface area contributed by atoms with E-state index < -0.39 is 0 Å². The molecule has 0 amide bonds. The molecule has 0 bridgehead atoms. The number of ketones is 1. The van der Waals surface area contributed by atoms with Crippen LogP contribution < -0.4 is 0 Å². The first-order valence-corrected chi connectivity index (χ1v) is 9.56. The van der Waals surface area contributed by atoms with Gasteiger partial charge in [0.15, 0.2) is 11.0 Å². The molecule has 6 heteroatoms. The molecule has 0 N–H and O–H groups in total. The monoisotopic (exact) mass is 367 g/mol. The zero-order chi connectivity index (χ0) is 17.9. The third-order valence-electron chi connectivity index (χ3n) is 4.50. The van der Waals surface area contributed by atoms with Crippen molar-refractivity contribution >= 4 is 17.5 Å². The first kappa shape index (κ1) is 17.0. The summed E-state index contributed by atoms with van der Waals surface area (Å²) in [5.41, 5.74) is 1.70. The minimum atomic E-state index is -0.290. The number of hydrogen-bond acceptors (Lipinski definition) is 4. The number of hydrogen-bond donors (Lipinski definition) is 0. The van der Waals surface area contributed by atoms with Crippen molar-refractivity contribution in [3.05, 3.63) is 60.4 Å². The van der Waals surface area contributed by atoms with E-state index in [-0.39, 0.29) is 16.9 Å². The van der Waals surface area contributed by atoms with Gasteiger partial charge >= 0.3 is 0 Å². The number of aromatic nitrogens is 3. The number of benzene rings is 2. The number of rotatable bonds is 4. The van der Waals surface area contributed by atoms with Crippen LogP contribution in [0.4, 0.5) is 4.39 Å². The molecule has 26 heavy (non-hydrogen) atoms. The Bertz CT molecular complexity index is 909. The van der Waals surface area contributed by atoms with Crippen molar-refractivity contribution in [1.82, 2.24) is 14.8 Å². The van der Waals surface area contributed by atoms with Gasteiger partial charge in [-0.1, -0.05) is 36.4 Å². The lowest BCUT2D eigenvalue weighted by atomic mass is 9.99. The van der Waals surface area contributed by atoms with Crippen LogP contribution in [0.3, 0.4) is 0 Å². The molecule has 0 saturated heterocycles. The molecule has 0 aliphatic heterocycles. The van der Waals surface area contributed by atoms with E-state index in [9.17, 15) is 9.18 Å². The summed E-state index contributed by atoms with van der Waals surface area (Å²) in [5, 5.41) is 9.31. The first-order chi connectivity index (χ1) is 12.7. The van der Waals surface area contributed by atoms with Gasteiger partial charge in [-0.15, -0.1) is 10.2 Å². The van der Waals surface area contributed by atoms with Crippen LogP contribution in [0.25, 0.3) is 17.1 Å². The fraction of sp³-hybridized carbons (Fsp3) is 0.250. The molecular weight excluding hydrogens is 349 g/mol. The smallest absolute Gasteiger partial charge is 0.196 e. The van der Waals surface area contributed by atoms with Crippen LogP contribution in [0.2, 0.25) is 0 Å². The molecule has 1 aliphatic rings. The van der Waals surface area contributed by atoms with Crippen LogP contribution in [0.5, 0.6) is 0 Å². The molecule has 0 spiro atoms. The van der Waals surface area contributed by atoms with Crippen LogP contribution in [-0.4, -0.2) is 25.8 Å². The lowest BCUT2D eigenvalue weighted by molar-refractivity contribution is -0.119. The van der Waals surface area contributed by atoms with E-state index in [0.717, 1.165) is 30.5 Å². The predicted molar refractivity (Wildman–Crippen MR) is 99.9 cm³/mol. The molecule has 132 valence electrons. The van der Waals surface area contributed by atoms with Crippen molar-refractivity contribution in [2.75, 3.05) is 0 Å². The topological polar surface area (TPSA) is 47.8 Å². The second-order valence-electron chi connectivity index (χ2n) is 6.30. The van der Waals surface area contributed by atoms with Crippen LogP contribution in [-0.2, 0) is 4.79 Å². The molecule has 1 saturated carbocycles. The van der Waals surface area contributed by atoms with Crippen LogP contribution in [0.15, 0.2) is 59.8 Å². The Hall–Kier alpha value is -2.47. The Balaban J connectivity index is 1.77. The maximum Gasteiger partial charge on any atom is 0.196 e. The number of thioether (sulfide) groups is 1. The van der Waals surface area contributed by atoms with Crippen molar-refractivity contribution in [2.24, 2.45) is 0 Å². The third-order valence-corrected chi connectivity index (χ3v) is 5.75. The maximum atomic E-state index is 13.3. The second kappa shape index (κ2) is 7.41. The molecule has 2 aromatic carbocycles.